The van der Waals surface area contributed by atoms with Gasteiger partial charge >= 0.3 is 0 Å². The molecule has 1 aromatic carbocycles. The summed E-state index contributed by atoms with van der Waals surface area (Å²) < 4.78 is 10.9. The van der Waals surface area contributed by atoms with Crippen LogP contribution in [0.3, 0.4) is 0 Å². The molecule has 0 atom stereocenters. The standard InChI is InChI=1S/C22H20N4O3S/c1-14-7-8-16(15(2)13-14)23-19(27)9-12-30-22-24-20(17-5-3-10-28-17)21(25-26-22)18-6-4-11-29-18/h3-8,10-11,13H,9,12H2,1-2H3,(H,23,27). The Hall–Kier alpha value is -3.39. The molecule has 1 amide bonds. The number of aryl methyl sites for hydroxylation is 2. The molecule has 0 saturated heterocycles. The zero-order chi connectivity index (χ0) is 20.9. The molecule has 0 bridgehead atoms. The molecule has 3 aromatic heterocycles. The zero-order valence-corrected chi connectivity index (χ0v) is 17.4. The largest absolute Gasteiger partial charge is 0.463 e. The Labute approximate surface area is 177 Å². The van der Waals surface area contributed by atoms with Crippen LogP contribution in [0.15, 0.2) is 69.0 Å². The number of rotatable bonds is 7. The number of nitrogens with one attached hydrogen (secondary N) is 1. The number of thioether (sulfide) groups is 1. The van der Waals surface area contributed by atoms with Crippen LogP contribution in [-0.4, -0.2) is 26.8 Å². The van der Waals surface area contributed by atoms with Gasteiger partial charge in [-0.3, -0.25) is 4.79 Å². The first-order valence-corrected chi connectivity index (χ1v) is 10.4. The Kier molecular flexibility index (Phi) is 5.94. The first-order chi connectivity index (χ1) is 14.6. The topological polar surface area (TPSA) is 94.1 Å². The minimum absolute atomic E-state index is 0.0547. The lowest BCUT2D eigenvalue weighted by molar-refractivity contribution is -0.115. The Morgan fingerprint density at radius 2 is 1.73 bits per heavy atom. The molecule has 4 rings (SSSR count). The van der Waals surface area contributed by atoms with E-state index < -0.39 is 0 Å². The van der Waals surface area contributed by atoms with E-state index in [0.29, 0.717) is 40.2 Å². The monoisotopic (exact) mass is 420 g/mol. The van der Waals surface area contributed by atoms with Crippen molar-refractivity contribution in [2.75, 3.05) is 11.1 Å². The Balaban J connectivity index is 1.42. The summed E-state index contributed by atoms with van der Waals surface area (Å²) in [7, 11) is 0. The molecule has 0 aliphatic heterocycles. The molecular weight excluding hydrogens is 400 g/mol. The van der Waals surface area contributed by atoms with Crippen LogP contribution in [0.5, 0.6) is 0 Å². The molecule has 0 spiro atoms. The summed E-state index contributed by atoms with van der Waals surface area (Å²) in [6, 6.07) is 13.1. The summed E-state index contributed by atoms with van der Waals surface area (Å²) in [5.41, 5.74) is 4.09. The molecule has 0 radical (unpaired) electrons. The normalized spacial score (nSPS) is 10.9. The summed E-state index contributed by atoms with van der Waals surface area (Å²) in [5, 5.41) is 11.9. The predicted molar refractivity (Wildman–Crippen MR) is 115 cm³/mol. The van der Waals surface area contributed by atoms with Crippen molar-refractivity contribution >= 4 is 23.4 Å². The number of nitrogens with zero attached hydrogens (tertiary/aromatic N) is 3. The molecule has 0 fully saturated rings. The third-order valence-corrected chi connectivity index (χ3v) is 5.23. The molecule has 30 heavy (non-hydrogen) atoms. The number of furan rings is 2. The van der Waals surface area contributed by atoms with Gasteiger partial charge in [0.2, 0.25) is 11.1 Å². The second-order valence-corrected chi connectivity index (χ2v) is 7.77. The van der Waals surface area contributed by atoms with Crippen molar-refractivity contribution in [3.8, 4) is 22.9 Å². The van der Waals surface area contributed by atoms with Gasteiger partial charge in [0.25, 0.3) is 0 Å². The number of aromatic nitrogens is 3. The van der Waals surface area contributed by atoms with Crippen LogP contribution >= 0.6 is 11.8 Å². The molecule has 0 unspecified atom stereocenters. The number of carbonyl (C=O) groups is 1. The van der Waals surface area contributed by atoms with E-state index in [1.165, 1.54) is 11.8 Å². The number of benzene rings is 1. The smallest absolute Gasteiger partial charge is 0.225 e. The van der Waals surface area contributed by atoms with Crippen molar-refractivity contribution in [2.45, 2.75) is 25.4 Å². The fraction of sp³-hybridized carbons (Fsp3) is 0.182. The van der Waals surface area contributed by atoms with Crippen LogP contribution in [-0.2, 0) is 4.79 Å². The molecule has 152 valence electrons. The van der Waals surface area contributed by atoms with Gasteiger partial charge in [-0.25, -0.2) is 4.98 Å². The minimum Gasteiger partial charge on any atom is -0.463 e. The van der Waals surface area contributed by atoms with Gasteiger partial charge in [-0.2, -0.15) is 0 Å². The van der Waals surface area contributed by atoms with Gasteiger partial charge in [0, 0.05) is 17.9 Å². The van der Waals surface area contributed by atoms with Gasteiger partial charge in [0.1, 0.15) is 5.69 Å². The summed E-state index contributed by atoms with van der Waals surface area (Å²) in [6.45, 7) is 4.00. The summed E-state index contributed by atoms with van der Waals surface area (Å²) >= 11 is 1.37. The highest BCUT2D eigenvalue weighted by Crippen LogP contribution is 2.30. The van der Waals surface area contributed by atoms with Gasteiger partial charge in [-0.1, -0.05) is 29.5 Å². The minimum atomic E-state index is -0.0547. The number of hydrogen-bond donors (Lipinski definition) is 1. The van der Waals surface area contributed by atoms with Crippen LogP contribution < -0.4 is 5.32 Å². The first-order valence-electron chi connectivity index (χ1n) is 9.42. The number of hydrogen-bond acceptors (Lipinski definition) is 7. The van der Waals surface area contributed by atoms with Crippen LogP contribution in [0.1, 0.15) is 17.5 Å². The summed E-state index contributed by atoms with van der Waals surface area (Å²) in [6.07, 6.45) is 3.48. The fourth-order valence-electron chi connectivity index (χ4n) is 2.94. The molecule has 0 aliphatic rings. The van der Waals surface area contributed by atoms with Crippen molar-refractivity contribution < 1.29 is 13.6 Å². The second kappa shape index (κ2) is 8.96. The Morgan fingerprint density at radius 3 is 2.40 bits per heavy atom. The third kappa shape index (κ3) is 4.60. The van der Waals surface area contributed by atoms with Crippen molar-refractivity contribution in [1.29, 1.82) is 0 Å². The number of carbonyl (C=O) groups excluding carboxylic acids is 1. The summed E-state index contributed by atoms with van der Waals surface area (Å²) in [5.74, 6) is 1.60. The lowest BCUT2D eigenvalue weighted by atomic mass is 10.1. The van der Waals surface area contributed by atoms with Crippen molar-refractivity contribution in [1.82, 2.24) is 15.2 Å². The van der Waals surface area contributed by atoms with Crippen LogP contribution in [0.4, 0.5) is 5.69 Å². The van der Waals surface area contributed by atoms with E-state index in [0.717, 1.165) is 16.8 Å². The van der Waals surface area contributed by atoms with E-state index >= 15 is 0 Å². The van der Waals surface area contributed by atoms with Gasteiger partial charge in [0.15, 0.2) is 17.2 Å². The number of amides is 1. The molecule has 1 N–H and O–H groups in total. The third-order valence-electron chi connectivity index (χ3n) is 4.39. The highest BCUT2D eigenvalue weighted by molar-refractivity contribution is 7.99. The van der Waals surface area contributed by atoms with E-state index in [-0.39, 0.29) is 5.91 Å². The SMILES string of the molecule is Cc1ccc(NC(=O)CCSc2nnc(-c3ccco3)c(-c3ccco3)n2)c(C)c1. The average Bonchev–Trinajstić information content (AvgIpc) is 3.44. The van der Waals surface area contributed by atoms with Crippen LogP contribution in [0.2, 0.25) is 0 Å². The van der Waals surface area contributed by atoms with Gasteiger partial charge < -0.3 is 14.2 Å². The van der Waals surface area contributed by atoms with E-state index in [1.807, 2.05) is 38.1 Å². The summed E-state index contributed by atoms with van der Waals surface area (Å²) in [4.78, 5) is 16.9. The average molecular weight is 420 g/mol. The van der Waals surface area contributed by atoms with Crippen molar-refractivity contribution in [3.63, 3.8) is 0 Å². The molecule has 7 nitrogen and oxygen atoms in total. The van der Waals surface area contributed by atoms with Gasteiger partial charge in [-0.15, -0.1) is 10.2 Å². The van der Waals surface area contributed by atoms with E-state index in [1.54, 1.807) is 30.7 Å². The molecule has 0 aliphatic carbocycles. The quantitative estimate of drug-likeness (QED) is 0.414. The van der Waals surface area contributed by atoms with Crippen LogP contribution in [0.25, 0.3) is 22.9 Å². The predicted octanol–water partition coefficient (Wildman–Crippen LogP) is 5.13. The molecular formula is C22H20N4O3S. The van der Waals surface area contributed by atoms with E-state index in [9.17, 15) is 4.79 Å². The van der Waals surface area contributed by atoms with Crippen molar-refractivity contribution in [2.24, 2.45) is 0 Å². The molecule has 0 saturated carbocycles. The maximum Gasteiger partial charge on any atom is 0.225 e. The highest BCUT2D eigenvalue weighted by atomic mass is 32.2. The van der Waals surface area contributed by atoms with E-state index in [2.05, 4.69) is 20.5 Å². The van der Waals surface area contributed by atoms with Gasteiger partial charge in [0.05, 0.1) is 12.5 Å². The Morgan fingerprint density at radius 1 is 1.00 bits per heavy atom. The number of anilines is 1. The maximum absolute atomic E-state index is 12.3. The molecule has 4 aromatic rings. The fourth-order valence-corrected chi connectivity index (χ4v) is 3.66. The second-order valence-electron chi connectivity index (χ2n) is 6.71. The first kappa shape index (κ1) is 19.9. The maximum atomic E-state index is 12.3. The Bertz CT molecular complexity index is 1140. The highest BCUT2D eigenvalue weighted by Gasteiger charge is 2.18. The van der Waals surface area contributed by atoms with Crippen LogP contribution in [0, 0.1) is 13.8 Å². The lowest BCUT2D eigenvalue weighted by Gasteiger charge is -2.09. The van der Waals surface area contributed by atoms with E-state index in [4.69, 9.17) is 8.83 Å². The lowest BCUT2D eigenvalue weighted by Crippen LogP contribution is -2.13. The van der Waals surface area contributed by atoms with Gasteiger partial charge in [-0.05, 0) is 49.7 Å². The molecule has 3 heterocycles. The van der Waals surface area contributed by atoms with Crippen molar-refractivity contribution in [3.05, 3.63) is 66.1 Å². The molecule has 8 heteroatoms. The zero-order valence-electron chi connectivity index (χ0n) is 16.6.